The Morgan fingerprint density at radius 1 is 1.21 bits per heavy atom. The number of aliphatic imine (C=N–C) groups is 1. The number of rotatable bonds is 11. The first-order valence-corrected chi connectivity index (χ1v) is 11.2. The smallest absolute Gasteiger partial charge is 0.191 e. The lowest BCUT2D eigenvalue weighted by Crippen LogP contribution is -2.46. The van der Waals surface area contributed by atoms with Gasteiger partial charge in [0.05, 0.1) is 19.3 Å². The third-order valence-electron chi connectivity index (χ3n) is 5.46. The molecule has 1 heterocycles. The van der Waals surface area contributed by atoms with Gasteiger partial charge in [0.15, 0.2) is 5.96 Å². The number of benzene rings is 1. The second-order valence-corrected chi connectivity index (χ2v) is 7.85. The summed E-state index contributed by atoms with van der Waals surface area (Å²) in [5.41, 5.74) is 2.62. The number of aliphatic hydroxyl groups excluding tert-OH is 1. The number of ether oxygens (including phenoxy) is 1. The van der Waals surface area contributed by atoms with Crippen LogP contribution in [0, 0.1) is 12.8 Å². The van der Waals surface area contributed by atoms with Crippen LogP contribution >= 0.6 is 0 Å². The van der Waals surface area contributed by atoms with Gasteiger partial charge in [0, 0.05) is 39.3 Å². The Morgan fingerprint density at radius 3 is 2.66 bits per heavy atom. The molecular weight excluding hydrogens is 364 g/mol. The molecule has 1 aliphatic heterocycles. The Labute approximate surface area is 176 Å². The standard InChI is InChI=1S/C23H40N4O2/c1-4-7-20(10-13-28)17-25-23(24-5-2)26-18-22(27-11-14-29-15-12-27)21-9-6-8-19(3)16-21/h6,8-9,16,20,22,28H,4-5,7,10-15,17-18H2,1-3H3,(H2,24,25,26). The summed E-state index contributed by atoms with van der Waals surface area (Å²) >= 11 is 0. The third kappa shape index (κ3) is 8.33. The van der Waals surface area contributed by atoms with Gasteiger partial charge in [-0.3, -0.25) is 9.89 Å². The highest BCUT2D eigenvalue weighted by atomic mass is 16.5. The maximum Gasteiger partial charge on any atom is 0.191 e. The van der Waals surface area contributed by atoms with Gasteiger partial charge in [-0.1, -0.05) is 43.2 Å². The van der Waals surface area contributed by atoms with Crippen LogP contribution in [0.4, 0.5) is 0 Å². The van der Waals surface area contributed by atoms with Crippen molar-refractivity contribution in [3.8, 4) is 0 Å². The van der Waals surface area contributed by atoms with Crippen molar-refractivity contribution in [3.63, 3.8) is 0 Å². The van der Waals surface area contributed by atoms with Gasteiger partial charge >= 0.3 is 0 Å². The molecule has 6 heteroatoms. The fourth-order valence-corrected chi connectivity index (χ4v) is 3.90. The van der Waals surface area contributed by atoms with Crippen LogP contribution in [-0.2, 0) is 4.74 Å². The van der Waals surface area contributed by atoms with Crippen molar-refractivity contribution in [3.05, 3.63) is 35.4 Å². The lowest BCUT2D eigenvalue weighted by Gasteiger charge is -2.35. The lowest BCUT2D eigenvalue weighted by atomic mass is 10.0. The third-order valence-corrected chi connectivity index (χ3v) is 5.46. The maximum atomic E-state index is 9.31. The molecule has 1 saturated heterocycles. The van der Waals surface area contributed by atoms with E-state index < -0.39 is 0 Å². The molecule has 0 aromatic heterocycles. The van der Waals surface area contributed by atoms with Gasteiger partial charge in [-0.25, -0.2) is 0 Å². The molecular formula is C23H40N4O2. The van der Waals surface area contributed by atoms with Gasteiger partial charge in [0.25, 0.3) is 0 Å². The Balaban J connectivity index is 2.07. The van der Waals surface area contributed by atoms with Gasteiger partial charge in [-0.2, -0.15) is 0 Å². The van der Waals surface area contributed by atoms with E-state index in [2.05, 4.69) is 60.6 Å². The predicted octanol–water partition coefficient (Wildman–Crippen LogP) is 2.72. The highest BCUT2D eigenvalue weighted by molar-refractivity contribution is 5.79. The van der Waals surface area contributed by atoms with Crippen molar-refractivity contribution >= 4 is 5.96 Å². The Kier molecular flexibility index (Phi) is 11.1. The van der Waals surface area contributed by atoms with Crippen LogP contribution < -0.4 is 10.6 Å². The minimum Gasteiger partial charge on any atom is -0.396 e. The molecule has 1 aromatic carbocycles. The molecule has 0 spiro atoms. The highest BCUT2D eigenvalue weighted by Gasteiger charge is 2.23. The van der Waals surface area contributed by atoms with Gasteiger partial charge in [0.1, 0.15) is 0 Å². The molecule has 2 atom stereocenters. The molecule has 3 N–H and O–H groups in total. The lowest BCUT2D eigenvalue weighted by molar-refractivity contribution is 0.0170. The Morgan fingerprint density at radius 2 is 2.00 bits per heavy atom. The minimum atomic E-state index is 0.233. The van der Waals surface area contributed by atoms with Crippen LogP contribution in [0.25, 0.3) is 0 Å². The van der Waals surface area contributed by atoms with Crippen molar-refractivity contribution in [2.45, 2.75) is 46.1 Å². The Hall–Kier alpha value is -1.63. The van der Waals surface area contributed by atoms with Crippen molar-refractivity contribution in [2.75, 3.05) is 52.5 Å². The molecule has 1 aliphatic rings. The molecule has 1 aromatic rings. The summed E-state index contributed by atoms with van der Waals surface area (Å²) in [6.45, 7) is 12.5. The fourth-order valence-electron chi connectivity index (χ4n) is 3.90. The number of aliphatic hydroxyl groups is 1. The molecule has 29 heavy (non-hydrogen) atoms. The number of guanidine groups is 1. The molecule has 0 saturated carbocycles. The van der Waals surface area contributed by atoms with Gasteiger partial charge in [-0.05, 0) is 38.2 Å². The Bertz CT molecular complexity index is 596. The molecule has 0 aliphatic carbocycles. The fraction of sp³-hybridized carbons (Fsp3) is 0.696. The van der Waals surface area contributed by atoms with Gasteiger partial charge in [0.2, 0.25) is 0 Å². The van der Waals surface area contributed by atoms with E-state index >= 15 is 0 Å². The molecule has 164 valence electrons. The first kappa shape index (κ1) is 23.6. The molecule has 1 fully saturated rings. The van der Waals surface area contributed by atoms with Gasteiger partial charge in [-0.15, -0.1) is 0 Å². The van der Waals surface area contributed by atoms with Crippen LogP contribution in [0.1, 0.15) is 50.3 Å². The molecule has 0 amide bonds. The first-order chi connectivity index (χ1) is 14.2. The molecule has 0 bridgehead atoms. The molecule has 2 rings (SSSR count). The SMILES string of the molecule is CCCC(CCO)CN=C(NCC)NCC(c1cccc(C)c1)N1CCOCC1. The highest BCUT2D eigenvalue weighted by Crippen LogP contribution is 2.22. The first-order valence-electron chi connectivity index (χ1n) is 11.2. The zero-order valence-corrected chi connectivity index (χ0v) is 18.5. The summed E-state index contributed by atoms with van der Waals surface area (Å²) < 4.78 is 5.57. The number of morpholine rings is 1. The summed E-state index contributed by atoms with van der Waals surface area (Å²) in [7, 11) is 0. The normalized spacial score (nSPS) is 17.7. The summed E-state index contributed by atoms with van der Waals surface area (Å²) in [5, 5.41) is 16.3. The monoisotopic (exact) mass is 404 g/mol. The quantitative estimate of drug-likeness (QED) is 0.391. The van der Waals surface area contributed by atoms with Crippen molar-refractivity contribution in [1.82, 2.24) is 15.5 Å². The number of nitrogens with zero attached hydrogens (tertiary/aromatic N) is 2. The van der Waals surface area contributed by atoms with Crippen LogP contribution in [0.3, 0.4) is 0 Å². The molecule has 0 radical (unpaired) electrons. The van der Waals surface area contributed by atoms with Crippen molar-refractivity contribution in [1.29, 1.82) is 0 Å². The predicted molar refractivity (Wildman–Crippen MR) is 120 cm³/mol. The van der Waals surface area contributed by atoms with E-state index in [1.54, 1.807) is 0 Å². The summed E-state index contributed by atoms with van der Waals surface area (Å²) in [6, 6.07) is 9.07. The average molecular weight is 405 g/mol. The minimum absolute atomic E-state index is 0.233. The van der Waals surface area contributed by atoms with Crippen molar-refractivity contribution < 1.29 is 9.84 Å². The van der Waals surface area contributed by atoms with Crippen LogP contribution in [-0.4, -0.2) is 68.5 Å². The van der Waals surface area contributed by atoms with E-state index in [9.17, 15) is 5.11 Å². The van der Waals surface area contributed by atoms with Crippen LogP contribution in [0.5, 0.6) is 0 Å². The zero-order valence-electron chi connectivity index (χ0n) is 18.5. The largest absolute Gasteiger partial charge is 0.396 e. The summed E-state index contributed by atoms with van der Waals surface area (Å²) in [5.74, 6) is 1.30. The van der Waals surface area contributed by atoms with Gasteiger partial charge < -0.3 is 20.5 Å². The van der Waals surface area contributed by atoms with E-state index in [1.165, 1.54) is 11.1 Å². The molecule has 2 unspecified atom stereocenters. The topological polar surface area (TPSA) is 69.1 Å². The average Bonchev–Trinajstić information content (AvgIpc) is 2.73. The van der Waals surface area contributed by atoms with E-state index in [4.69, 9.17) is 9.73 Å². The number of hydrogen-bond acceptors (Lipinski definition) is 4. The number of nitrogens with one attached hydrogen (secondary N) is 2. The summed E-state index contributed by atoms with van der Waals surface area (Å²) in [4.78, 5) is 7.32. The maximum absolute atomic E-state index is 9.31. The van der Waals surface area contributed by atoms with E-state index in [1.807, 2.05) is 0 Å². The second-order valence-electron chi connectivity index (χ2n) is 7.85. The summed E-state index contributed by atoms with van der Waals surface area (Å²) in [6.07, 6.45) is 3.04. The van der Waals surface area contributed by atoms with Crippen molar-refractivity contribution in [2.24, 2.45) is 10.9 Å². The van der Waals surface area contributed by atoms with E-state index in [-0.39, 0.29) is 12.6 Å². The van der Waals surface area contributed by atoms with Crippen LogP contribution in [0.15, 0.2) is 29.3 Å². The van der Waals surface area contributed by atoms with Crippen LogP contribution in [0.2, 0.25) is 0 Å². The van der Waals surface area contributed by atoms with E-state index in [0.29, 0.717) is 5.92 Å². The van der Waals surface area contributed by atoms with E-state index in [0.717, 1.165) is 71.2 Å². The molecule has 6 nitrogen and oxygen atoms in total. The number of aryl methyl sites for hydroxylation is 1. The number of hydrogen-bond donors (Lipinski definition) is 3. The zero-order chi connectivity index (χ0) is 20.9. The second kappa shape index (κ2) is 13.6.